The Morgan fingerprint density at radius 2 is 2.00 bits per heavy atom. The molecule has 0 unspecified atom stereocenters. The van der Waals surface area contributed by atoms with Crippen molar-refractivity contribution < 1.29 is 18.3 Å². The number of benzene rings is 1. The van der Waals surface area contributed by atoms with Gasteiger partial charge in [0.15, 0.2) is 6.67 Å². The zero-order valence-electron chi connectivity index (χ0n) is 19.4. The maximum atomic E-state index is 15.3. The summed E-state index contributed by atoms with van der Waals surface area (Å²) in [5.41, 5.74) is 0.956. The van der Waals surface area contributed by atoms with Gasteiger partial charge in [-0.1, -0.05) is 48.9 Å². The number of amidine groups is 1. The van der Waals surface area contributed by atoms with E-state index in [9.17, 15) is 4.79 Å². The predicted molar refractivity (Wildman–Crippen MR) is 129 cm³/mol. The summed E-state index contributed by atoms with van der Waals surface area (Å²) in [6.07, 6.45) is 4.11. The van der Waals surface area contributed by atoms with Crippen molar-refractivity contribution in [3.05, 3.63) is 59.4 Å². The van der Waals surface area contributed by atoms with Crippen LogP contribution in [0.5, 0.6) is 0 Å². The van der Waals surface area contributed by atoms with Gasteiger partial charge < -0.3 is 4.74 Å². The Hall–Kier alpha value is -3.00. The van der Waals surface area contributed by atoms with Crippen molar-refractivity contribution in [3.8, 4) is 11.1 Å². The molecule has 182 valence electrons. The van der Waals surface area contributed by atoms with E-state index in [2.05, 4.69) is 20.2 Å². The number of carbonyl (C=O) groups is 1. The minimum Gasteiger partial charge on any atom is -0.462 e. The second-order valence-corrected chi connectivity index (χ2v) is 9.95. The number of nitrogens with zero attached hydrogens (tertiary/aromatic N) is 4. The number of halogens is 3. The van der Waals surface area contributed by atoms with Gasteiger partial charge in [-0.2, -0.15) is 5.11 Å². The van der Waals surface area contributed by atoms with Gasteiger partial charge in [-0.05, 0) is 31.1 Å². The lowest BCUT2D eigenvalue weighted by Gasteiger charge is -2.47. The van der Waals surface area contributed by atoms with Crippen LogP contribution in [-0.4, -0.2) is 35.5 Å². The van der Waals surface area contributed by atoms with Crippen LogP contribution in [0.1, 0.15) is 32.4 Å². The molecule has 2 aliphatic heterocycles. The van der Waals surface area contributed by atoms with Crippen LogP contribution in [0.3, 0.4) is 0 Å². The fourth-order valence-electron chi connectivity index (χ4n) is 5.73. The summed E-state index contributed by atoms with van der Waals surface area (Å²) in [5.74, 6) is -5.38. The molecule has 1 saturated carbocycles. The van der Waals surface area contributed by atoms with E-state index in [1.807, 2.05) is 36.4 Å². The molecule has 2 aromatic rings. The fraction of sp³-hybridized carbons (Fsp3) is 0.423. The van der Waals surface area contributed by atoms with Crippen molar-refractivity contribution in [1.29, 1.82) is 0 Å². The lowest BCUT2D eigenvalue weighted by atomic mass is 9.55. The molecule has 0 amide bonds. The van der Waals surface area contributed by atoms with Gasteiger partial charge in [0.25, 0.3) is 5.92 Å². The number of alkyl halides is 2. The van der Waals surface area contributed by atoms with Crippen LogP contribution < -0.4 is 0 Å². The van der Waals surface area contributed by atoms with Crippen molar-refractivity contribution in [2.45, 2.75) is 38.7 Å². The zero-order valence-corrected chi connectivity index (χ0v) is 20.1. The van der Waals surface area contributed by atoms with Crippen molar-refractivity contribution in [2.24, 2.45) is 38.4 Å². The van der Waals surface area contributed by atoms with E-state index in [4.69, 9.17) is 16.3 Å². The number of hydrogen-bond acceptors (Lipinski definition) is 6. The van der Waals surface area contributed by atoms with Crippen LogP contribution in [0.2, 0.25) is 5.02 Å². The highest BCUT2D eigenvalue weighted by Gasteiger charge is 2.68. The van der Waals surface area contributed by atoms with E-state index < -0.39 is 47.6 Å². The lowest BCUT2D eigenvalue weighted by Crippen LogP contribution is -2.54. The number of carbonyl (C=O) groups excluding carboxylic acids is 1. The Balaban J connectivity index is 1.46. The van der Waals surface area contributed by atoms with Gasteiger partial charge in [0.1, 0.15) is 11.9 Å². The molecule has 0 N–H and O–H groups in total. The van der Waals surface area contributed by atoms with Gasteiger partial charge in [-0.3, -0.25) is 9.78 Å². The van der Waals surface area contributed by atoms with Crippen LogP contribution >= 0.6 is 11.6 Å². The summed E-state index contributed by atoms with van der Waals surface area (Å²) in [5, 5.41) is 8.39. The Morgan fingerprint density at radius 3 is 2.69 bits per heavy atom. The maximum Gasteiger partial charge on any atom is 0.313 e. The first kappa shape index (κ1) is 23.7. The number of azo groups is 1. The summed E-state index contributed by atoms with van der Waals surface area (Å²) in [4.78, 5) is 21.7. The van der Waals surface area contributed by atoms with E-state index in [0.29, 0.717) is 16.6 Å². The number of aliphatic imine (C=N–C) groups is 1. The molecule has 1 aromatic carbocycles. The number of allylic oxidation sites excluding steroid dienone is 1. The predicted octanol–water partition coefficient (Wildman–Crippen LogP) is 6.47. The molecule has 6 nitrogen and oxygen atoms in total. The molecule has 3 aliphatic rings. The van der Waals surface area contributed by atoms with Crippen LogP contribution in [0.4, 0.5) is 8.78 Å². The molecule has 3 heterocycles. The Kier molecular flexibility index (Phi) is 6.03. The SMILES string of the molecule is C[C@H]1OC(=O)[C@]2(CC3=NCN=N3)CC(F)(F)[C@@H](C)[C@H](/C=C/c3ccc(-c4ccccc4Cl)cn3)[C@H]12. The van der Waals surface area contributed by atoms with Gasteiger partial charge in [0.05, 0.1) is 11.1 Å². The summed E-state index contributed by atoms with van der Waals surface area (Å²) in [6, 6.07) is 11.2. The largest absolute Gasteiger partial charge is 0.462 e. The minimum absolute atomic E-state index is 0.00176. The topological polar surface area (TPSA) is 76.3 Å². The molecule has 9 heteroatoms. The van der Waals surface area contributed by atoms with Gasteiger partial charge in [-0.25, -0.2) is 13.8 Å². The van der Waals surface area contributed by atoms with Crippen molar-refractivity contribution in [1.82, 2.24) is 4.98 Å². The number of pyridine rings is 1. The summed E-state index contributed by atoms with van der Waals surface area (Å²) in [7, 11) is 0. The van der Waals surface area contributed by atoms with Crippen LogP contribution in [0, 0.1) is 23.2 Å². The fourth-order valence-corrected chi connectivity index (χ4v) is 5.97. The monoisotopic (exact) mass is 498 g/mol. The van der Waals surface area contributed by atoms with Gasteiger partial charge in [0, 0.05) is 47.0 Å². The van der Waals surface area contributed by atoms with E-state index in [1.54, 1.807) is 25.3 Å². The Labute approximate surface area is 207 Å². The van der Waals surface area contributed by atoms with Gasteiger partial charge in [-0.15, -0.1) is 5.11 Å². The number of rotatable bonds is 5. The smallest absolute Gasteiger partial charge is 0.313 e. The highest BCUT2D eigenvalue weighted by Crippen LogP contribution is 2.61. The van der Waals surface area contributed by atoms with Crippen molar-refractivity contribution in [3.63, 3.8) is 0 Å². The highest BCUT2D eigenvalue weighted by atomic mass is 35.5. The molecule has 1 aromatic heterocycles. The first-order chi connectivity index (χ1) is 16.7. The molecule has 1 saturated heterocycles. The van der Waals surface area contributed by atoms with E-state index in [0.717, 1.165) is 11.1 Å². The van der Waals surface area contributed by atoms with Gasteiger partial charge >= 0.3 is 5.97 Å². The van der Waals surface area contributed by atoms with E-state index in [1.165, 1.54) is 6.92 Å². The van der Waals surface area contributed by atoms with E-state index >= 15 is 8.78 Å². The first-order valence-corrected chi connectivity index (χ1v) is 12.0. The van der Waals surface area contributed by atoms with Crippen LogP contribution in [0.15, 0.2) is 63.9 Å². The molecule has 0 radical (unpaired) electrons. The second kappa shape index (κ2) is 8.90. The third-order valence-electron chi connectivity index (χ3n) is 7.49. The molecular weight excluding hydrogens is 474 g/mol. The third-order valence-corrected chi connectivity index (χ3v) is 7.82. The molecular formula is C26H25ClF2N4O2. The number of fused-ring (bicyclic) bond motifs is 1. The Bertz CT molecular complexity index is 1230. The molecule has 2 fully saturated rings. The number of hydrogen-bond donors (Lipinski definition) is 0. The van der Waals surface area contributed by atoms with Crippen molar-refractivity contribution in [2.75, 3.05) is 6.67 Å². The third kappa shape index (κ3) is 4.18. The number of cyclic esters (lactones) is 1. The average Bonchev–Trinajstić information content (AvgIpc) is 3.41. The Morgan fingerprint density at radius 1 is 1.20 bits per heavy atom. The lowest BCUT2D eigenvalue weighted by molar-refractivity contribution is -0.169. The second-order valence-electron chi connectivity index (χ2n) is 9.54. The zero-order chi connectivity index (χ0) is 24.8. The number of esters is 1. The number of ether oxygens (including phenoxy) is 1. The van der Waals surface area contributed by atoms with Crippen LogP contribution in [0.25, 0.3) is 17.2 Å². The van der Waals surface area contributed by atoms with Gasteiger partial charge in [0.2, 0.25) is 0 Å². The summed E-state index contributed by atoms with van der Waals surface area (Å²) >= 11 is 6.28. The normalized spacial score (nSPS) is 31.5. The molecule has 1 aliphatic carbocycles. The molecule has 5 atom stereocenters. The summed E-state index contributed by atoms with van der Waals surface area (Å²) < 4.78 is 36.3. The van der Waals surface area contributed by atoms with Crippen molar-refractivity contribution >= 4 is 29.5 Å². The standard InChI is InChI=1S/C26H25ClF2N4O2/c1-15-19(10-9-18-8-7-17(12-30-18)20-5-3-4-6-21(20)27)23-16(2)35-24(34)25(23,13-26(15,28)29)11-22-31-14-32-33-22/h3-10,12,15-16,19,23H,11,13-14H2,1-2H3/b10-9+/t15-,16+,19-,23-,25+/m0/s1. The molecule has 0 bridgehead atoms. The van der Waals surface area contributed by atoms with Crippen LogP contribution in [-0.2, 0) is 9.53 Å². The summed E-state index contributed by atoms with van der Waals surface area (Å²) in [6.45, 7) is 3.47. The minimum atomic E-state index is -3.06. The quantitative estimate of drug-likeness (QED) is 0.443. The molecule has 5 rings (SSSR count). The average molecular weight is 499 g/mol. The van der Waals surface area contributed by atoms with E-state index in [-0.39, 0.29) is 13.1 Å². The molecule has 35 heavy (non-hydrogen) atoms. The molecule has 0 spiro atoms. The highest BCUT2D eigenvalue weighted by molar-refractivity contribution is 6.33. The number of aromatic nitrogens is 1. The maximum absolute atomic E-state index is 15.3. The first-order valence-electron chi connectivity index (χ1n) is 11.6.